The zero-order valence-electron chi connectivity index (χ0n) is 23.0. The Labute approximate surface area is 271 Å². The minimum atomic E-state index is -5.41. The molecule has 0 amide bonds. The van der Waals surface area contributed by atoms with Crippen LogP contribution < -0.4 is 68.6 Å². The van der Waals surface area contributed by atoms with Crippen LogP contribution in [0.5, 0.6) is 11.5 Å². The summed E-state index contributed by atoms with van der Waals surface area (Å²) in [5.41, 5.74) is 0. The normalized spacial score (nSPS) is 11.3. The third-order valence-corrected chi connectivity index (χ3v) is 7.12. The molecule has 0 radical (unpaired) electrons. The van der Waals surface area contributed by atoms with Gasteiger partial charge in [-0.25, -0.2) is 16.8 Å². The molecule has 0 aromatic heterocycles. The van der Waals surface area contributed by atoms with Gasteiger partial charge in [-0.15, -0.1) is 0 Å². The van der Waals surface area contributed by atoms with Gasteiger partial charge in [-0.05, 0) is 18.9 Å². The number of hydrogen-bond donors (Lipinski definition) is 0. The summed E-state index contributed by atoms with van der Waals surface area (Å²) in [7, 11) is -10.6. The molecule has 0 bridgehead atoms. The maximum absolute atomic E-state index is 12.4. The Hall–Kier alpha value is -0.0200. The monoisotopic (exact) mass is 594 g/mol. The first-order valence-electron chi connectivity index (χ1n) is 12.4. The summed E-state index contributed by atoms with van der Waals surface area (Å²) in [6, 6.07) is 0.895. The molecule has 0 aliphatic rings. The molecule has 0 unspecified atom stereocenters. The van der Waals surface area contributed by atoms with Gasteiger partial charge in [-0.3, -0.25) is 9.59 Å². The summed E-state index contributed by atoms with van der Waals surface area (Å²) < 4.78 is 80.2. The molecule has 14 heteroatoms. The van der Waals surface area contributed by atoms with Crippen LogP contribution in [0.2, 0.25) is 0 Å². The zero-order valence-corrected chi connectivity index (χ0v) is 28.6. The Kier molecular flexibility index (Phi) is 22.0. The molecule has 0 spiro atoms. The van der Waals surface area contributed by atoms with Crippen molar-refractivity contribution in [2.75, 3.05) is 0 Å². The van der Waals surface area contributed by atoms with Gasteiger partial charge >= 0.3 is 71.1 Å². The van der Waals surface area contributed by atoms with Crippen molar-refractivity contribution in [2.24, 2.45) is 0 Å². The molecule has 1 rings (SSSR count). The molecule has 0 atom stereocenters. The fourth-order valence-electron chi connectivity index (χ4n) is 3.50. The molecule has 0 fully saturated rings. The van der Waals surface area contributed by atoms with Gasteiger partial charge in [-0.2, -0.15) is 0 Å². The van der Waals surface area contributed by atoms with Gasteiger partial charge in [0.1, 0.15) is 25.1 Å². The Morgan fingerprint density at radius 1 is 0.658 bits per heavy atom. The van der Waals surface area contributed by atoms with Crippen LogP contribution in [0, 0.1) is 0 Å². The summed E-state index contributed by atoms with van der Waals surface area (Å²) in [6.07, 6.45) is 10.3. The van der Waals surface area contributed by atoms with E-state index in [9.17, 15) is 35.5 Å². The van der Waals surface area contributed by atoms with Crippen molar-refractivity contribution in [3.63, 3.8) is 0 Å². The Morgan fingerprint density at radius 3 is 1.50 bits per heavy atom. The first kappa shape index (κ1) is 40.1. The molecule has 0 aliphatic heterocycles. The fraction of sp³-hybridized carbons (Fsp3) is 0.667. The Morgan fingerprint density at radius 2 is 1.08 bits per heavy atom. The molecular formula is C24H36Na2O10S2. The second kappa shape index (κ2) is 20.8. The Bertz CT molecular complexity index is 1070. The zero-order chi connectivity index (χ0) is 27.2. The van der Waals surface area contributed by atoms with Crippen molar-refractivity contribution in [3.05, 3.63) is 12.1 Å². The molecule has 0 N–H and O–H groups in total. The molecule has 0 saturated carbocycles. The molecular weight excluding hydrogens is 558 g/mol. The van der Waals surface area contributed by atoms with E-state index in [0.717, 1.165) is 64.2 Å². The van der Waals surface area contributed by atoms with Gasteiger partial charge in [0, 0.05) is 18.9 Å². The fourth-order valence-corrected chi connectivity index (χ4v) is 4.73. The van der Waals surface area contributed by atoms with Crippen molar-refractivity contribution in [1.29, 1.82) is 0 Å². The van der Waals surface area contributed by atoms with Crippen LogP contribution in [0.15, 0.2) is 21.9 Å². The molecule has 1 aromatic carbocycles. The second-order valence-corrected chi connectivity index (χ2v) is 11.4. The van der Waals surface area contributed by atoms with Crippen molar-refractivity contribution in [2.45, 2.75) is 114 Å². The number of unbranched alkanes of at least 4 members (excludes halogenated alkanes) is 10. The van der Waals surface area contributed by atoms with Crippen molar-refractivity contribution >= 4 is 32.2 Å². The van der Waals surface area contributed by atoms with E-state index in [4.69, 9.17) is 9.47 Å². The number of ether oxygens (including phenoxy) is 2. The van der Waals surface area contributed by atoms with Crippen molar-refractivity contribution < 1.29 is 104 Å². The SMILES string of the molecule is CCCCCCCCC(=O)Oc1cc(S(=O)(=O)[O-])cc(S(=O)(=O)[O-])c1OC(=O)CCCCCCCC.[Na+].[Na+]. The van der Waals surface area contributed by atoms with E-state index in [1.54, 1.807) is 0 Å². The van der Waals surface area contributed by atoms with E-state index in [2.05, 4.69) is 13.8 Å². The van der Waals surface area contributed by atoms with E-state index in [1.165, 1.54) is 0 Å². The van der Waals surface area contributed by atoms with Gasteiger partial charge in [-0.1, -0.05) is 78.1 Å². The molecule has 0 saturated heterocycles. The number of carbonyl (C=O) groups excluding carboxylic acids is 2. The van der Waals surface area contributed by atoms with Crippen LogP contribution >= 0.6 is 0 Å². The van der Waals surface area contributed by atoms with Gasteiger partial charge in [0.2, 0.25) is 0 Å². The van der Waals surface area contributed by atoms with Crippen LogP contribution in [0.25, 0.3) is 0 Å². The van der Waals surface area contributed by atoms with Crippen molar-refractivity contribution in [3.8, 4) is 11.5 Å². The first-order valence-corrected chi connectivity index (χ1v) is 15.2. The van der Waals surface area contributed by atoms with E-state index >= 15 is 0 Å². The number of benzene rings is 1. The van der Waals surface area contributed by atoms with E-state index in [1.807, 2.05) is 0 Å². The Balaban J connectivity index is 0. The van der Waals surface area contributed by atoms with E-state index in [-0.39, 0.29) is 72.0 Å². The number of rotatable bonds is 18. The summed E-state index contributed by atoms with van der Waals surface area (Å²) >= 11 is 0. The predicted octanol–water partition coefficient (Wildman–Crippen LogP) is -1.19. The minimum Gasteiger partial charge on any atom is -0.744 e. The second-order valence-electron chi connectivity index (χ2n) is 8.64. The molecule has 206 valence electrons. The average molecular weight is 595 g/mol. The molecule has 0 heterocycles. The quantitative estimate of drug-likeness (QED) is 0.0663. The summed E-state index contributed by atoms with van der Waals surface area (Å²) in [5, 5.41) is 0. The van der Waals surface area contributed by atoms with Crippen LogP contribution in [0.1, 0.15) is 104 Å². The van der Waals surface area contributed by atoms with E-state index < -0.39 is 53.5 Å². The number of carbonyl (C=O) groups is 2. The number of hydrogen-bond acceptors (Lipinski definition) is 10. The summed E-state index contributed by atoms with van der Waals surface area (Å²) in [6.45, 7) is 4.14. The van der Waals surface area contributed by atoms with Crippen LogP contribution in [0.4, 0.5) is 0 Å². The molecule has 1 aromatic rings. The van der Waals surface area contributed by atoms with Gasteiger partial charge in [0.05, 0.1) is 4.90 Å². The molecule has 10 nitrogen and oxygen atoms in total. The average Bonchev–Trinajstić information content (AvgIpc) is 2.78. The third-order valence-electron chi connectivity index (χ3n) is 5.46. The summed E-state index contributed by atoms with van der Waals surface area (Å²) in [5.74, 6) is -3.42. The maximum atomic E-state index is 12.4. The van der Waals surface area contributed by atoms with Gasteiger partial charge in [0.25, 0.3) is 0 Å². The topological polar surface area (TPSA) is 167 Å². The van der Waals surface area contributed by atoms with Crippen LogP contribution in [0.3, 0.4) is 0 Å². The predicted molar refractivity (Wildman–Crippen MR) is 130 cm³/mol. The van der Waals surface area contributed by atoms with Gasteiger partial charge in [0.15, 0.2) is 11.5 Å². The largest absolute Gasteiger partial charge is 1.00 e. The van der Waals surface area contributed by atoms with Crippen LogP contribution in [-0.4, -0.2) is 37.9 Å². The van der Waals surface area contributed by atoms with Crippen molar-refractivity contribution in [1.82, 2.24) is 0 Å². The number of esters is 2. The van der Waals surface area contributed by atoms with Gasteiger partial charge < -0.3 is 18.6 Å². The molecule has 0 aliphatic carbocycles. The third kappa shape index (κ3) is 16.3. The standard InChI is InChI=1S/C24H38O10S2.2Na/c1-3-5-7-9-11-13-15-22(25)33-20-17-19(35(27,28)29)18-21(36(30,31)32)24(20)34-23(26)16-14-12-10-8-6-4-2;;/h17-18H,3-16H2,1-2H3,(H,27,28,29)(H,30,31,32);;/q;2*+1/p-2. The summed E-state index contributed by atoms with van der Waals surface area (Å²) in [4.78, 5) is 22.3. The minimum absolute atomic E-state index is 0. The van der Waals surface area contributed by atoms with E-state index in [0.29, 0.717) is 25.0 Å². The smallest absolute Gasteiger partial charge is 0.744 e. The molecule has 38 heavy (non-hydrogen) atoms. The first-order chi connectivity index (χ1) is 16.9. The van der Waals surface area contributed by atoms with Crippen LogP contribution in [-0.2, 0) is 29.8 Å². The maximum Gasteiger partial charge on any atom is 1.00 e.